The van der Waals surface area contributed by atoms with Crippen molar-refractivity contribution in [1.29, 1.82) is 0 Å². The first-order valence-corrected chi connectivity index (χ1v) is 9.40. The Morgan fingerprint density at radius 3 is 2.70 bits per heavy atom. The number of nitrogens with two attached hydrogens (primary N) is 1. The van der Waals surface area contributed by atoms with Gasteiger partial charge in [0.05, 0.1) is 23.3 Å². The number of ether oxygens (including phenoxy) is 1. The first kappa shape index (κ1) is 21.5. The monoisotopic (exact) mass is 431 g/mol. The fourth-order valence-electron chi connectivity index (χ4n) is 2.27. The van der Waals surface area contributed by atoms with Crippen LogP contribution >= 0.6 is 35.5 Å². The lowest BCUT2D eigenvalue weighted by molar-refractivity contribution is 0.102. The van der Waals surface area contributed by atoms with E-state index in [2.05, 4.69) is 9.97 Å². The van der Waals surface area contributed by atoms with Crippen LogP contribution in [0.3, 0.4) is 0 Å². The Labute approximate surface area is 168 Å². The van der Waals surface area contributed by atoms with Crippen LogP contribution in [-0.2, 0) is 6.54 Å². The van der Waals surface area contributed by atoms with Gasteiger partial charge in [-0.25, -0.2) is 18.7 Å². The maximum Gasteiger partial charge on any atom is 0.297 e. The first-order chi connectivity index (χ1) is 12.5. The Morgan fingerprint density at radius 2 is 2.07 bits per heavy atom. The molecule has 1 aromatic carbocycles. The lowest BCUT2D eigenvalue weighted by Gasteiger charge is -2.09. The van der Waals surface area contributed by atoms with E-state index in [1.807, 2.05) is 6.07 Å². The molecule has 0 aliphatic heterocycles. The molecular formula is C17H16ClF2N3O2S2. The Hall–Kier alpha value is -1.81. The number of carbonyl (C=O) groups is 1. The average molecular weight is 432 g/mol. The van der Waals surface area contributed by atoms with Crippen LogP contribution in [0, 0.1) is 0 Å². The largest absolute Gasteiger partial charge is 0.497 e. The third-order valence-corrected chi connectivity index (χ3v) is 5.70. The molecule has 0 aliphatic rings. The molecule has 0 saturated heterocycles. The van der Waals surface area contributed by atoms with Gasteiger partial charge >= 0.3 is 0 Å². The van der Waals surface area contributed by atoms with Crippen LogP contribution in [0.4, 0.5) is 8.78 Å². The molecule has 0 unspecified atom stereocenters. The molecule has 0 radical (unpaired) electrons. The number of thiophene rings is 1. The van der Waals surface area contributed by atoms with Crippen LogP contribution in [0.15, 0.2) is 35.4 Å². The zero-order valence-corrected chi connectivity index (χ0v) is 16.6. The van der Waals surface area contributed by atoms with Crippen molar-refractivity contribution in [3.05, 3.63) is 45.9 Å². The highest BCUT2D eigenvalue weighted by Crippen LogP contribution is 2.31. The van der Waals surface area contributed by atoms with Gasteiger partial charge in [0, 0.05) is 16.8 Å². The standard InChI is InChI=1S/C17H15F2N3O2S2.ClH/c1-24-9-2-4-12-11(6-9)17(22-16(21-12)15(18)19)25-8-13(23)14-5-3-10(7-20)26-14;/h2-6,15H,7-8,20H2,1H3;1H. The van der Waals surface area contributed by atoms with Gasteiger partial charge < -0.3 is 10.5 Å². The molecule has 0 aliphatic carbocycles. The molecule has 0 atom stereocenters. The Morgan fingerprint density at radius 1 is 1.30 bits per heavy atom. The smallest absolute Gasteiger partial charge is 0.297 e. The van der Waals surface area contributed by atoms with E-state index in [1.165, 1.54) is 18.4 Å². The maximum atomic E-state index is 13.1. The molecule has 2 heterocycles. The SMILES string of the molecule is COc1ccc2nc(C(F)F)nc(SCC(=O)c3ccc(CN)s3)c2c1.Cl. The van der Waals surface area contributed by atoms with Crippen LogP contribution in [0.1, 0.15) is 26.8 Å². The van der Waals surface area contributed by atoms with E-state index in [4.69, 9.17) is 10.5 Å². The molecule has 5 nitrogen and oxygen atoms in total. The third kappa shape index (κ3) is 4.92. The molecule has 0 fully saturated rings. The number of hydrogen-bond acceptors (Lipinski definition) is 7. The van der Waals surface area contributed by atoms with E-state index in [0.29, 0.717) is 33.1 Å². The van der Waals surface area contributed by atoms with E-state index in [0.717, 1.165) is 16.6 Å². The molecule has 0 amide bonds. The van der Waals surface area contributed by atoms with Crippen molar-refractivity contribution < 1.29 is 18.3 Å². The van der Waals surface area contributed by atoms with Crippen LogP contribution in [-0.4, -0.2) is 28.6 Å². The van der Waals surface area contributed by atoms with Gasteiger partial charge in [-0.2, -0.15) is 0 Å². The second-order valence-electron chi connectivity index (χ2n) is 5.25. The molecular weight excluding hydrogens is 416 g/mol. The predicted octanol–water partition coefficient (Wildman–Crippen LogP) is 4.49. The summed E-state index contributed by atoms with van der Waals surface area (Å²) in [6, 6.07) is 8.45. The Bertz CT molecular complexity index is 953. The quantitative estimate of drug-likeness (QED) is 0.337. The molecule has 0 bridgehead atoms. The molecule has 10 heteroatoms. The van der Waals surface area contributed by atoms with Crippen molar-refractivity contribution in [3.8, 4) is 5.75 Å². The summed E-state index contributed by atoms with van der Waals surface area (Å²) >= 11 is 2.44. The number of fused-ring (bicyclic) bond motifs is 1. The summed E-state index contributed by atoms with van der Waals surface area (Å²) < 4.78 is 31.4. The number of rotatable bonds is 7. The van der Waals surface area contributed by atoms with Gasteiger partial charge in [0.2, 0.25) is 0 Å². The summed E-state index contributed by atoms with van der Waals surface area (Å²) in [5.74, 6) is -0.0201. The number of ketones is 1. The molecule has 27 heavy (non-hydrogen) atoms. The van der Waals surface area contributed by atoms with Gasteiger partial charge in [-0.05, 0) is 30.3 Å². The normalized spacial score (nSPS) is 10.9. The highest BCUT2D eigenvalue weighted by Gasteiger charge is 2.18. The molecule has 2 aromatic heterocycles. The third-order valence-electron chi connectivity index (χ3n) is 3.56. The molecule has 3 aromatic rings. The zero-order valence-electron chi connectivity index (χ0n) is 14.1. The minimum absolute atomic E-state index is 0. The van der Waals surface area contributed by atoms with E-state index < -0.39 is 12.2 Å². The Kier molecular flexibility index (Phi) is 7.49. The van der Waals surface area contributed by atoms with Gasteiger partial charge in [-0.3, -0.25) is 4.79 Å². The van der Waals surface area contributed by atoms with Crippen molar-refractivity contribution in [2.75, 3.05) is 12.9 Å². The van der Waals surface area contributed by atoms with Crippen molar-refractivity contribution in [2.45, 2.75) is 18.0 Å². The average Bonchev–Trinajstić information content (AvgIpc) is 3.14. The van der Waals surface area contributed by atoms with Crippen molar-refractivity contribution in [3.63, 3.8) is 0 Å². The topological polar surface area (TPSA) is 78.1 Å². The number of halogens is 3. The molecule has 3 rings (SSSR count). The summed E-state index contributed by atoms with van der Waals surface area (Å²) in [6.45, 7) is 0.374. The van der Waals surface area contributed by atoms with Crippen molar-refractivity contribution in [2.24, 2.45) is 5.73 Å². The van der Waals surface area contributed by atoms with Crippen LogP contribution in [0.25, 0.3) is 10.9 Å². The summed E-state index contributed by atoms with van der Waals surface area (Å²) in [6.07, 6.45) is -2.79. The fourth-order valence-corrected chi connectivity index (χ4v) is 4.09. The summed E-state index contributed by atoms with van der Waals surface area (Å²) in [7, 11) is 1.51. The number of thioether (sulfide) groups is 1. The van der Waals surface area contributed by atoms with Gasteiger partial charge in [-0.1, -0.05) is 11.8 Å². The van der Waals surface area contributed by atoms with Gasteiger partial charge in [0.1, 0.15) is 10.8 Å². The molecule has 0 spiro atoms. The zero-order chi connectivity index (χ0) is 18.7. The van der Waals surface area contributed by atoms with E-state index in [1.54, 1.807) is 24.3 Å². The van der Waals surface area contributed by atoms with Crippen molar-refractivity contribution in [1.82, 2.24) is 9.97 Å². The summed E-state index contributed by atoms with van der Waals surface area (Å²) in [5, 5.41) is 0.897. The van der Waals surface area contributed by atoms with Crippen molar-refractivity contribution >= 4 is 52.2 Å². The number of Topliss-reactive ketones (excluding diaryl/α,β-unsaturated/α-hetero) is 1. The first-order valence-electron chi connectivity index (χ1n) is 7.60. The van der Waals surface area contributed by atoms with Crippen LogP contribution < -0.4 is 10.5 Å². The second kappa shape index (κ2) is 9.41. The number of carbonyl (C=O) groups excluding carboxylic acids is 1. The van der Waals surface area contributed by atoms with E-state index in [-0.39, 0.29) is 23.9 Å². The molecule has 144 valence electrons. The van der Waals surface area contributed by atoms with Gasteiger partial charge in [0.25, 0.3) is 6.43 Å². The number of nitrogens with zero attached hydrogens (tertiary/aromatic N) is 2. The molecule has 2 N–H and O–H groups in total. The van der Waals surface area contributed by atoms with E-state index >= 15 is 0 Å². The van der Waals surface area contributed by atoms with Gasteiger partial charge in [0.15, 0.2) is 11.6 Å². The number of alkyl halides is 2. The fraction of sp³-hybridized carbons (Fsp3) is 0.235. The van der Waals surface area contributed by atoms with Gasteiger partial charge in [-0.15, -0.1) is 23.7 Å². The number of benzene rings is 1. The minimum atomic E-state index is -2.79. The lowest BCUT2D eigenvalue weighted by atomic mass is 10.2. The summed E-state index contributed by atoms with van der Waals surface area (Å²) in [4.78, 5) is 21.7. The number of hydrogen-bond donors (Lipinski definition) is 1. The Balaban J connectivity index is 0.00000261. The number of methoxy groups -OCH3 is 1. The summed E-state index contributed by atoms with van der Waals surface area (Å²) in [5.41, 5.74) is 5.94. The lowest BCUT2D eigenvalue weighted by Crippen LogP contribution is -2.03. The second-order valence-corrected chi connectivity index (χ2v) is 7.39. The van der Waals surface area contributed by atoms with E-state index in [9.17, 15) is 13.6 Å². The number of aromatic nitrogens is 2. The van der Waals surface area contributed by atoms with Crippen LogP contribution in [0.5, 0.6) is 5.75 Å². The highest BCUT2D eigenvalue weighted by atomic mass is 35.5. The molecule has 0 saturated carbocycles. The van der Waals surface area contributed by atoms with Crippen LogP contribution in [0.2, 0.25) is 0 Å². The minimum Gasteiger partial charge on any atom is -0.497 e. The highest BCUT2D eigenvalue weighted by molar-refractivity contribution is 8.00. The predicted molar refractivity (Wildman–Crippen MR) is 106 cm³/mol. The maximum absolute atomic E-state index is 13.1.